The van der Waals surface area contributed by atoms with Gasteiger partial charge in [0.25, 0.3) is 5.91 Å². The molecular weight excluding hydrogens is 395 g/mol. The van der Waals surface area contributed by atoms with Gasteiger partial charge in [-0.15, -0.1) is 0 Å². The van der Waals surface area contributed by atoms with Crippen molar-refractivity contribution < 1.29 is 22.0 Å². The molecule has 1 aromatic heterocycles. The number of nitrogens with one attached hydrogen (secondary N) is 1. The number of sulfonamides is 1. The molecule has 0 aliphatic carbocycles. The van der Waals surface area contributed by atoms with Crippen LogP contribution >= 0.6 is 0 Å². The average Bonchev–Trinajstić information content (AvgIpc) is 3.05. The van der Waals surface area contributed by atoms with E-state index in [-0.39, 0.29) is 22.8 Å². The van der Waals surface area contributed by atoms with Crippen molar-refractivity contribution in [2.45, 2.75) is 32.2 Å². The summed E-state index contributed by atoms with van der Waals surface area (Å²) in [6.07, 6.45) is 0. The summed E-state index contributed by atoms with van der Waals surface area (Å²) >= 11 is 0. The number of hydrogen-bond acceptors (Lipinski definition) is 4. The van der Waals surface area contributed by atoms with E-state index in [1.807, 2.05) is 0 Å². The number of rotatable bonds is 7. The fourth-order valence-electron chi connectivity index (χ4n) is 3.18. The minimum Gasteiger partial charge on any atom is -0.448 e. The zero-order valence-electron chi connectivity index (χ0n) is 16.5. The molecule has 0 radical (unpaired) electrons. The molecule has 0 fully saturated rings. The molecule has 0 atom stereocenters. The van der Waals surface area contributed by atoms with Gasteiger partial charge in [0.2, 0.25) is 10.0 Å². The van der Waals surface area contributed by atoms with Crippen LogP contribution in [0.3, 0.4) is 0 Å². The minimum absolute atomic E-state index is 0.0566. The second kappa shape index (κ2) is 8.34. The van der Waals surface area contributed by atoms with E-state index in [0.29, 0.717) is 24.0 Å². The lowest BCUT2D eigenvalue weighted by Crippen LogP contribution is -2.30. The second-order valence-corrected chi connectivity index (χ2v) is 8.53. The maximum atomic E-state index is 13.9. The van der Waals surface area contributed by atoms with Crippen molar-refractivity contribution in [3.05, 3.63) is 65.2 Å². The van der Waals surface area contributed by atoms with Crippen LogP contribution < -0.4 is 5.32 Å². The van der Waals surface area contributed by atoms with E-state index in [1.54, 1.807) is 45.0 Å². The first kappa shape index (κ1) is 21.0. The van der Waals surface area contributed by atoms with Crippen LogP contribution in [-0.2, 0) is 16.6 Å². The van der Waals surface area contributed by atoms with Gasteiger partial charge >= 0.3 is 0 Å². The first-order chi connectivity index (χ1) is 13.8. The summed E-state index contributed by atoms with van der Waals surface area (Å²) in [4.78, 5) is 12.7. The molecule has 1 heterocycles. The van der Waals surface area contributed by atoms with Crippen molar-refractivity contribution in [1.82, 2.24) is 9.62 Å². The van der Waals surface area contributed by atoms with Crippen LogP contribution in [0.15, 0.2) is 51.8 Å². The molecule has 8 heteroatoms. The molecule has 0 aliphatic heterocycles. The Morgan fingerprint density at radius 1 is 1.10 bits per heavy atom. The summed E-state index contributed by atoms with van der Waals surface area (Å²) in [6.45, 7) is 6.26. The van der Waals surface area contributed by atoms with E-state index in [4.69, 9.17) is 4.42 Å². The molecule has 0 aliphatic rings. The molecule has 1 amide bonds. The number of carbonyl (C=O) groups is 1. The van der Waals surface area contributed by atoms with Gasteiger partial charge in [0.05, 0.1) is 4.90 Å². The Kier molecular flexibility index (Phi) is 6.04. The summed E-state index contributed by atoms with van der Waals surface area (Å²) in [7, 11) is -3.52. The standard InChI is InChI=1S/C21H23FN2O4S/c1-4-24(5-2)29(26,27)16-11-9-15(10-12-16)13-23-21(25)19-14(3)17-7-6-8-18(22)20(17)28-19/h6-12H,4-5,13H2,1-3H3,(H,23,25). The summed E-state index contributed by atoms with van der Waals surface area (Å²) in [5.41, 5.74) is 1.36. The largest absolute Gasteiger partial charge is 0.448 e. The van der Waals surface area contributed by atoms with Crippen LogP contribution in [0.1, 0.15) is 35.5 Å². The fraction of sp³-hybridized carbons (Fsp3) is 0.286. The van der Waals surface area contributed by atoms with Gasteiger partial charge in [0.1, 0.15) is 0 Å². The van der Waals surface area contributed by atoms with Crippen molar-refractivity contribution in [2.75, 3.05) is 13.1 Å². The number of para-hydroxylation sites is 1. The lowest BCUT2D eigenvalue weighted by Gasteiger charge is -2.18. The molecule has 0 spiro atoms. The van der Waals surface area contributed by atoms with Gasteiger partial charge in [-0.3, -0.25) is 4.79 Å². The summed E-state index contributed by atoms with van der Waals surface area (Å²) in [5.74, 6) is -0.918. The van der Waals surface area contributed by atoms with E-state index >= 15 is 0 Å². The van der Waals surface area contributed by atoms with Gasteiger partial charge in [0.15, 0.2) is 17.2 Å². The molecular formula is C21H23FN2O4S. The highest BCUT2D eigenvalue weighted by Gasteiger charge is 2.22. The van der Waals surface area contributed by atoms with E-state index in [0.717, 1.165) is 5.56 Å². The number of nitrogens with zero attached hydrogens (tertiary/aromatic N) is 1. The smallest absolute Gasteiger partial charge is 0.287 e. The molecule has 3 aromatic rings. The summed E-state index contributed by atoms with van der Waals surface area (Å²) < 4.78 is 45.7. The van der Waals surface area contributed by atoms with Crippen molar-refractivity contribution in [1.29, 1.82) is 0 Å². The Hall–Kier alpha value is -2.71. The maximum absolute atomic E-state index is 13.9. The molecule has 1 N–H and O–H groups in total. The number of carbonyl (C=O) groups excluding carboxylic acids is 1. The van der Waals surface area contributed by atoms with Crippen molar-refractivity contribution in [3.63, 3.8) is 0 Å². The zero-order valence-corrected chi connectivity index (χ0v) is 17.3. The zero-order chi connectivity index (χ0) is 21.2. The Morgan fingerprint density at radius 2 is 1.76 bits per heavy atom. The minimum atomic E-state index is -3.52. The van der Waals surface area contributed by atoms with Crippen molar-refractivity contribution in [3.8, 4) is 0 Å². The third-order valence-corrected chi connectivity index (χ3v) is 6.91. The predicted molar refractivity (Wildman–Crippen MR) is 109 cm³/mol. The van der Waals surface area contributed by atoms with E-state index < -0.39 is 21.7 Å². The Bertz CT molecular complexity index is 1130. The Morgan fingerprint density at radius 3 is 2.34 bits per heavy atom. The van der Waals surface area contributed by atoms with Crippen molar-refractivity contribution >= 4 is 26.9 Å². The van der Waals surface area contributed by atoms with Crippen LogP contribution in [0.5, 0.6) is 0 Å². The van der Waals surface area contributed by atoms with Crippen LogP contribution in [-0.4, -0.2) is 31.7 Å². The number of amides is 1. The fourth-order valence-corrected chi connectivity index (χ4v) is 4.64. The van der Waals surface area contributed by atoms with Crippen LogP contribution in [0, 0.1) is 12.7 Å². The second-order valence-electron chi connectivity index (χ2n) is 6.59. The normalized spacial score (nSPS) is 11.9. The highest BCUT2D eigenvalue weighted by Crippen LogP contribution is 2.27. The third-order valence-electron chi connectivity index (χ3n) is 4.84. The molecule has 2 aromatic carbocycles. The third kappa shape index (κ3) is 4.04. The summed E-state index contributed by atoms with van der Waals surface area (Å²) in [5, 5.41) is 3.28. The number of benzene rings is 2. The van der Waals surface area contributed by atoms with Crippen molar-refractivity contribution in [2.24, 2.45) is 0 Å². The number of aryl methyl sites for hydroxylation is 1. The highest BCUT2D eigenvalue weighted by molar-refractivity contribution is 7.89. The van der Waals surface area contributed by atoms with Gasteiger partial charge < -0.3 is 9.73 Å². The van der Waals surface area contributed by atoms with Gasteiger partial charge in [-0.2, -0.15) is 4.31 Å². The molecule has 0 saturated heterocycles. The number of hydrogen-bond donors (Lipinski definition) is 1. The Labute approximate surface area is 169 Å². The van der Waals surface area contributed by atoms with Crippen LogP contribution in [0.2, 0.25) is 0 Å². The molecule has 0 saturated carbocycles. The predicted octanol–water partition coefficient (Wildman–Crippen LogP) is 3.84. The maximum Gasteiger partial charge on any atom is 0.287 e. The lowest BCUT2D eigenvalue weighted by atomic mass is 10.1. The first-order valence-corrected chi connectivity index (χ1v) is 10.8. The van der Waals surface area contributed by atoms with Gasteiger partial charge in [-0.1, -0.05) is 38.1 Å². The number of fused-ring (bicyclic) bond motifs is 1. The Balaban J connectivity index is 1.73. The molecule has 0 unspecified atom stereocenters. The highest BCUT2D eigenvalue weighted by atomic mass is 32.2. The quantitative estimate of drug-likeness (QED) is 0.632. The average molecular weight is 418 g/mol. The van der Waals surface area contributed by atoms with Gasteiger partial charge in [-0.25, -0.2) is 12.8 Å². The SMILES string of the molecule is CCN(CC)S(=O)(=O)c1ccc(CNC(=O)c2oc3c(F)cccc3c2C)cc1. The number of halogens is 1. The molecule has 154 valence electrons. The molecule has 29 heavy (non-hydrogen) atoms. The lowest BCUT2D eigenvalue weighted by molar-refractivity contribution is 0.0924. The summed E-state index contributed by atoms with van der Waals surface area (Å²) in [6, 6.07) is 10.9. The van der Waals surface area contributed by atoms with E-state index in [1.165, 1.54) is 22.5 Å². The van der Waals surface area contributed by atoms with Gasteiger partial charge in [0, 0.05) is 30.6 Å². The monoisotopic (exact) mass is 418 g/mol. The van der Waals surface area contributed by atoms with E-state index in [9.17, 15) is 17.6 Å². The topological polar surface area (TPSA) is 79.6 Å². The van der Waals surface area contributed by atoms with Crippen LogP contribution in [0.4, 0.5) is 4.39 Å². The van der Waals surface area contributed by atoms with Gasteiger partial charge in [-0.05, 0) is 30.7 Å². The van der Waals surface area contributed by atoms with E-state index in [2.05, 4.69) is 5.32 Å². The van der Waals surface area contributed by atoms with Crippen LogP contribution in [0.25, 0.3) is 11.0 Å². The number of furan rings is 1. The molecule has 6 nitrogen and oxygen atoms in total. The molecule has 3 rings (SSSR count). The molecule has 0 bridgehead atoms. The first-order valence-electron chi connectivity index (χ1n) is 9.34.